The molecule has 4 nitrogen and oxygen atoms in total. The highest BCUT2D eigenvalue weighted by Crippen LogP contribution is 2.33. The number of rotatable bonds is 2. The quantitative estimate of drug-likeness (QED) is 0.670. The number of anilines is 2. The first kappa shape index (κ1) is 17.0. The van der Waals surface area contributed by atoms with Gasteiger partial charge in [0.15, 0.2) is 0 Å². The van der Waals surface area contributed by atoms with E-state index in [4.69, 9.17) is 11.6 Å². The minimum atomic E-state index is -4.54. The normalized spacial score (nSPS) is 11.2. The van der Waals surface area contributed by atoms with Crippen molar-refractivity contribution in [2.75, 3.05) is 10.6 Å². The molecule has 2 rings (SSSR count). The van der Waals surface area contributed by atoms with Gasteiger partial charge >= 0.3 is 12.2 Å². The molecule has 3 N–H and O–H groups in total. The third-order valence-electron chi connectivity index (χ3n) is 3.00. The van der Waals surface area contributed by atoms with Gasteiger partial charge in [0.25, 0.3) is 0 Å². The molecule has 0 fully saturated rings. The summed E-state index contributed by atoms with van der Waals surface area (Å²) in [5.41, 5.74) is -0.159. The minimum Gasteiger partial charge on any atom is -0.508 e. The fourth-order valence-corrected chi connectivity index (χ4v) is 1.98. The molecule has 0 atom stereocenters. The molecule has 122 valence electrons. The minimum absolute atomic E-state index is 0.0185. The lowest BCUT2D eigenvalue weighted by Gasteiger charge is -2.12. The molecule has 0 aromatic heterocycles. The highest BCUT2D eigenvalue weighted by molar-refractivity contribution is 6.33. The lowest BCUT2D eigenvalue weighted by atomic mass is 10.2. The second-order valence-corrected chi connectivity index (χ2v) is 5.18. The second-order valence-electron chi connectivity index (χ2n) is 4.77. The summed E-state index contributed by atoms with van der Waals surface area (Å²) in [5, 5.41) is 14.1. The molecule has 0 bridgehead atoms. The standard InChI is InChI=1S/C15H12ClF3N2O2/c1-8-6-10(3-5-13(8)22)20-14(23)21-12-7-9(15(17,18)19)2-4-11(12)16/h2-7,22H,1H3,(H2,20,21,23). The van der Waals surface area contributed by atoms with E-state index in [0.29, 0.717) is 11.3 Å². The number of phenols is 1. The molecule has 0 saturated heterocycles. The van der Waals surface area contributed by atoms with Crippen LogP contribution in [0.25, 0.3) is 0 Å². The van der Waals surface area contributed by atoms with Crippen molar-refractivity contribution in [3.8, 4) is 5.75 Å². The van der Waals surface area contributed by atoms with Crippen LogP contribution in [0.2, 0.25) is 5.02 Å². The van der Waals surface area contributed by atoms with Gasteiger partial charge in [-0.3, -0.25) is 0 Å². The number of carbonyl (C=O) groups excluding carboxylic acids is 1. The summed E-state index contributed by atoms with van der Waals surface area (Å²) in [6, 6.07) is 6.25. The fourth-order valence-electron chi connectivity index (χ4n) is 1.82. The van der Waals surface area contributed by atoms with E-state index in [9.17, 15) is 23.1 Å². The molecular formula is C15H12ClF3N2O2. The van der Waals surface area contributed by atoms with Crippen molar-refractivity contribution < 1.29 is 23.1 Å². The Balaban J connectivity index is 2.15. The maximum absolute atomic E-state index is 12.7. The van der Waals surface area contributed by atoms with Crippen LogP contribution in [0.5, 0.6) is 5.75 Å². The first-order valence-corrected chi connectivity index (χ1v) is 6.79. The average molecular weight is 345 g/mol. The van der Waals surface area contributed by atoms with Crippen LogP contribution in [0.1, 0.15) is 11.1 Å². The van der Waals surface area contributed by atoms with Crippen molar-refractivity contribution in [3.63, 3.8) is 0 Å². The van der Waals surface area contributed by atoms with Crippen molar-refractivity contribution in [1.82, 2.24) is 0 Å². The lowest BCUT2D eigenvalue weighted by Crippen LogP contribution is -2.20. The number of urea groups is 1. The van der Waals surface area contributed by atoms with Crippen molar-refractivity contribution in [3.05, 3.63) is 52.5 Å². The van der Waals surface area contributed by atoms with Crippen molar-refractivity contribution in [1.29, 1.82) is 0 Å². The largest absolute Gasteiger partial charge is 0.508 e. The van der Waals surface area contributed by atoms with E-state index in [1.165, 1.54) is 18.2 Å². The SMILES string of the molecule is Cc1cc(NC(=O)Nc2cc(C(F)(F)F)ccc2Cl)ccc1O. The number of carbonyl (C=O) groups is 1. The zero-order chi connectivity index (χ0) is 17.2. The Hall–Kier alpha value is -2.41. The van der Waals surface area contributed by atoms with Crippen LogP contribution >= 0.6 is 11.6 Å². The molecule has 0 heterocycles. The Bertz CT molecular complexity index is 748. The van der Waals surface area contributed by atoms with Crippen LogP contribution in [0.3, 0.4) is 0 Å². The molecule has 0 saturated carbocycles. The van der Waals surface area contributed by atoms with Gasteiger partial charge in [-0.15, -0.1) is 0 Å². The summed E-state index contributed by atoms with van der Waals surface area (Å²) in [7, 11) is 0. The number of nitrogens with one attached hydrogen (secondary N) is 2. The summed E-state index contributed by atoms with van der Waals surface area (Å²) in [5.74, 6) is 0.0666. The number of alkyl halides is 3. The third kappa shape index (κ3) is 4.29. The molecule has 0 aliphatic carbocycles. The Morgan fingerprint density at radius 3 is 2.43 bits per heavy atom. The number of aryl methyl sites for hydroxylation is 1. The van der Waals surface area contributed by atoms with Crippen LogP contribution in [-0.2, 0) is 6.18 Å². The van der Waals surface area contributed by atoms with Gasteiger partial charge in [-0.25, -0.2) is 4.79 Å². The van der Waals surface area contributed by atoms with Gasteiger partial charge in [0.1, 0.15) is 5.75 Å². The topological polar surface area (TPSA) is 61.4 Å². The highest BCUT2D eigenvalue weighted by Gasteiger charge is 2.31. The first-order chi connectivity index (χ1) is 10.7. The number of aromatic hydroxyl groups is 1. The van der Waals surface area contributed by atoms with Crippen LogP contribution in [-0.4, -0.2) is 11.1 Å². The van der Waals surface area contributed by atoms with E-state index < -0.39 is 17.8 Å². The van der Waals surface area contributed by atoms with Gasteiger partial charge < -0.3 is 15.7 Å². The summed E-state index contributed by atoms with van der Waals surface area (Å²) in [4.78, 5) is 11.9. The number of hydrogen-bond acceptors (Lipinski definition) is 2. The van der Waals surface area contributed by atoms with E-state index >= 15 is 0 Å². The molecule has 0 aliphatic rings. The number of halogens is 4. The number of hydrogen-bond donors (Lipinski definition) is 3. The Labute approximate surface area is 134 Å². The highest BCUT2D eigenvalue weighted by atomic mass is 35.5. The van der Waals surface area contributed by atoms with Crippen molar-refractivity contribution in [2.24, 2.45) is 0 Å². The van der Waals surface area contributed by atoms with Crippen molar-refractivity contribution >= 4 is 29.0 Å². The van der Waals surface area contributed by atoms with Crippen LogP contribution < -0.4 is 10.6 Å². The van der Waals surface area contributed by atoms with Gasteiger partial charge in [0.05, 0.1) is 16.3 Å². The lowest BCUT2D eigenvalue weighted by molar-refractivity contribution is -0.137. The van der Waals surface area contributed by atoms with Gasteiger partial charge in [-0.05, 0) is 48.9 Å². The Kier molecular flexibility index (Phi) is 4.70. The van der Waals surface area contributed by atoms with Crippen LogP contribution in [0.15, 0.2) is 36.4 Å². The van der Waals surface area contributed by atoms with E-state index in [1.807, 2.05) is 0 Å². The number of amides is 2. The van der Waals surface area contributed by atoms with E-state index in [-0.39, 0.29) is 16.5 Å². The number of benzene rings is 2. The summed E-state index contributed by atoms with van der Waals surface area (Å²) < 4.78 is 38.0. The predicted octanol–water partition coefficient (Wildman–Crippen LogP) is 5.02. The van der Waals surface area contributed by atoms with Crippen LogP contribution in [0.4, 0.5) is 29.3 Å². The Morgan fingerprint density at radius 2 is 1.83 bits per heavy atom. The molecular weight excluding hydrogens is 333 g/mol. The molecule has 0 spiro atoms. The average Bonchev–Trinajstić information content (AvgIpc) is 2.44. The molecule has 8 heteroatoms. The van der Waals surface area contributed by atoms with Crippen LogP contribution in [0, 0.1) is 6.92 Å². The van der Waals surface area contributed by atoms with E-state index in [2.05, 4.69) is 10.6 Å². The van der Waals surface area contributed by atoms with Gasteiger partial charge in [0, 0.05) is 5.69 Å². The molecule has 2 amide bonds. The molecule has 23 heavy (non-hydrogen) atoms. The first-order valence-electron chi connectivity index (χ1n) is 6.41. The zero-order valence-corrected chi connectivity index (χ0v) is 12.6. The third-order valence-corrected chi connectivity index (χ3v) is 3.33. The maximum Gasteiger partial charge on any atom is 0.416 e. The molecule has 2 aromatic carbocycles. The van der Waals surface area contributed by atoms with Gasteiger partial charge in [-0.2, -0.15) is 13.2 Å². The van der Waals surface area contributed by atoms with E-state index in [1.54, 1.807) is 6.92 Å². The smallest absolute Gasteiger partial charge is 0.416 e. The van der Waals surface area contributed by atoms with E-state index in [0.717, 1.165) is 18.2 Å². The van der Waals surface area contributed by atoms with Crippen molar-refractivity contribution in [2.45, 2.75) is 13.1 Å². The van der Waals surface area contributed by atoms with Gasteiger partial charge in [-0.1, -0.05) is 11.6 Å². The predicted molar refractivity (Wildman–Crippen MR) is 81.9 cm³/mol. The monoisotopic (exact) mass is 344 g/mol. The Morgan fingerprint density at radius 1 is 1.13 bits per heavy atom. The summed E-state index contributed by atoms with van der Waals surface area (Å²) in [6.07, 6.45) is -4.54. The molecule has 0 unspecified atom stereocenters. The molecule has 0 aliphatic heterocycles. The second kappa shape index (κ2) is 6.37. The zero-order valence-electron chi connectivity index (χ0n) is 11.8. The maximum atomic E-state index is 12.7. The number of phenolic OH excluding ortho intramolecular Hbond substituents is 1. The molecule has 2 aromatic rings. The van der Waals surface area contributed by atoms with Gasteiger partial charge in [0.2, 0.25) is 0 Å². The summed E-state index contributed by atoms with van der Waals surface area (Å²) in [6.45, 7) is 1.64. The summed E-state index contributed by atoms with van der Waals surface area (Å²) >= 11 is 5.80. The fraction of sp³-hybridized carbons (Fsp3) is 0.133. The molecule has 0 radical (unpaired) electrons.